The Bertz CT molecular complexity index is 617. The highest BCUT2D eigenvalue weighted by Crippen LogP contribution is 2.19. The van der Waals surface area contributed by atoms with Crippen LogP contribution in [0, 0.1) is 13.8 Å². The van der Waals surface area contributed by atoms with Gasteiger partial charge in [0.05, 0.1) is 0 Å². The molecule has 0 bridgehead atoms. The lowest BCUT2D eigenvalue weighted by atomic mass is 10.1. The first-order chi connectivity index (χ1) is 8.61. The standard InChI is InChI=1S/C14H16N2O2/c1-4-16-8-7-15-13(14(16)17)18-12-6-5-10(2)11(3)9-12/h5-9H,4H2,1-3H3. The molecule has 4 heteroatoms. The average Bonchev–Trinajstić information content (AvgIpc) is 2.36. The van der Waals surface area contributed by atoms with Crippen LogP contribution in [0.15, 0.2) is 35.4 Å². The molecule has 0 aliphatic heterocycles. The smallest absolute Gasteiger partial charge is 0.313 e. The van der Waals surface area contributed by atoms with E-state index in [4.69, 9.17) is 4.74 Å². The van der Waals surface area contributed by atoms with Gasteiger partial charge in [0.1, 0.15) is 5.75 Å². The van der Waals surface area contributed by atoms with Crippen LogP contribution < -0.4 is 10.3 Å². The topological polar surface area (TPSA) is 44.1 Å². The summed E-state index contributed by atoms with van der Waals surface area (Å²) in [4.78, 5) is 15.9. The fourth-order valence-electron chi connectivity index (χ4n) is 1.64. The summed E-state index contributed by atoms with van der Waals surface area (Å²) in [7, 11) is 0. The molecule has 0 aliphatic rings. The quantitative estimate of drug-likeness (QED) is 0.833. The Kier molecular flexibility index (Phi) is 3.46. The number of aromatic nitrogens is 2. The van der Waals surface area contributed by atoms with Crippen molar-refractivity contribution < 1.29 is 4.74 Å². The molecule has 0 radical (unpaired) electrons. The Balaban J connectivity index is 2.34. The van der Waals surface area contributed by atoms with E-state index in [1.54, 1.807) is 17.0 Å². The number of nitrogens with zero attached hydrogens (tertiary/aromatic N) is 2. The molecule has 0 unspecified atom stereocenters. The molecule has 0 spiro atoms. The minimum absolute atomic E-state index is 0.114. The van der Waals surface area contributed by atoms with Crippen LogP contribution in [0.3, 0.4) is 0 Å². The normalized spacial score (nSPS) is 10.4. The predicted octanol–water partition coefficient (Wildman–Crippen LogP) is 2.67. The van der Waals surface area contributed by atoms with Crippen LogP contribution in [0.5, 0.6) is 11.6 Å². The third-order valence-corrected chi connectivity index (χ3v) is 2.92. The Labute approximate surface area is 106 Å². The maximum Gasteiger partial charge on any atom is 0.313 e. The van der Waals surface area contributed by atoms with Crippen LogP contribution in [0.4, 0.5) is 0 Å². The zero-order chi connectivity index (χ0) is 13.1. The van der Waals surface area contributed by atoms with Crippen molar-refractivity contribution in [2.24, 2.45) is 0 Å². The maximum atomic E-state index is 11.9. The van der Waals surface area contributed by atoms with Crippen LogP contribution in [0.2, 0.25) is 0 Å². The van der Waals surface area contributed by atoms with E-state index in [9.17, 15) is 4.79 Å². The molecule has 0 aliphatic carbocycles. The minimum atomic E-state index is -0.210. The van der Waals surface area contributed by atoms with Crippen LogP contribution in [0.1, 0.15) is 18.1 Å². The second-order valence-corrected chi connectivity index (χ2v) is 4.17. The van der Waals surface area contributed by atoms with E-state index in [1.807, 2.05) is 39.0 Å². The van der Waals surface area contributed by atoms with E-state index in [1.165, 1.54) is 5.56 Å². The molecule has 94 valence electrons. The minimum Gasteiger partial charge on any atom is -0.435 e. The number of hydrogen-bond donors (Lipinski definition) is 0. The first-order valence-electron chi connectivity index (χ1n) is 5.92. The van der Waals surface area contributed by atoms with Crippen molar-refractivity contribution in [3.8, 4) is 11.6 Å². The van der Waals surface area contributed by atoms with Gasteiger partial charge in [-0.2, -0.15) is 0 Å². The molecular formula is C14H16N2O2. The van der Waals surface area contributed by atoms with Crippen molar-refractivity contribution in [3.05, 3.63) is 52.1 Å². The fourth-order valence-corrected chi connectivity index (χ4v) is 1.64. The molecule has 0 N–H and O–H groups in total. The van der Waals surface area contributed by atoms with E-state index in [-0.39, 0.29) is 11.4 Å². The molecule has 18 heavy (non-hydrogen) atoms. The molecular weight excluding hydrogens is 228 g/mol. The van der Waals surface area contributed by atoms with Crippen molar-refractivity contribution in [3.63, 3.8) is 0 Å². The Hall–Kier alpha value is -2.10. The zero-order valence-electron chi connectivity index (χ0n) is 10.8. The lowest BCUT2D eigenvalue weighted by Crippen LogP contribution is -2.20. The number of hydrogen-bond acceptors (Lipinski definition) is 3. The van der Waals surface area contributed by atoms with E-state index in [0.717, 1.165) is 5.56 Å². The fraction of sp³-hybridized carbons (Fsp3) is 0.286. The number of benzene rings is 1. The van der Waals surface area contributed by atoms with Gasteiger partial charge in [-0.1, -0.05) is 6.07 Å². The van der Waals surface area contributed by atoms with Gasteiger partial charge in [0, 0.05) is 18.9 Å². The van der Waals surface area contributed by atoms with Gasteiger partial charge in [0.2, 0.25) is 0 Å². The Morgan fingerprint density at radius 3 is 2.72 bits per heavy atom. The molecule has 0 fully saturated rings. The average molecular weight is 244 g/mol. The van der Waals surface area contributed by atoms with Gasteiger partial charge in [0.15, 0.2) is 0 Å². The molecule has 2 aromatic rings. The lowest BCUT2D eigenvalue weighted by molar-refractivity contribution is 0.445. The van der Waals surface area contributed by atoms with Crippen LogP contribution in [-0.2, 0) is 6.54 Å². The van der Waals surface area contributed by atoms with Crippen molar-refractivity contribution in [1.29, 1.82) is 0 Å². The molecule has 0 saturated heterocycles. The van der Waals surface area contributed by atoms with E-state index in [2.05, 4.69) is 4.98 Å². The highest BCUT2D eigenvalue weighted by molar-refractivity contribution is 5.35. The summed E-state index contributed by atoms with van der Waals surface area (Å²) < 4.78 is 7.10. The predicted molar refractivity (Wildman–Crippen MR) is 70.2 cm³/mol. The molecule has 4 nitrogen and oxygen atoms in total. The summed E-state index contributed by atoms with van der Waals surface area (Å²) in [6, 6.07) is 5.71. The lowest BCUT2D eigenvalue weighted by Gasteiger charge is -2.08. The molecule has 1 heterocycles. The van der Waals surface area contributed by atoms with Crippen molar-refractivity contribution >= 4 is 0 Å². The Morgan fingerprint density at radius 1 is 1.28 bits per heavy atom. The highest BCUT2D eigenvalue weighted by Gasteiger charge is 2.07. The van der Waals surface area contributed by atoms with Gasteiger partial charge in [-0.05, 0) is 44.0 Å². The first-order valence-corrected chi connectivity index (χ1v) is 5.92. The van der Waals surface area contributed by atoms with E-state index >= 15 is 0 Å². The van der Waals surface area contributed by atoms with Crippen LogP contribution in [-0.4, -0.2) is 9.55 Å². The van der Waals surface area contributed by atoms with Gasteiger partial charge in [-0.15, -0.1) is 0 Å². The zero-order valence-corrected chi connectivity index (χ0v) is 10.8. The molecule has 0 amide bonds. The van der Waals surface area contributed by atoms with Gasteiger partial charge < -0.3 is 9.30 Å². The molecule has 0 saturated carbocycles. The van der Waals surface area contributed by atoms with E-state index in [0.29, 0.717) is 12.3 Å². The summed E-state index contributed by atoms with van der Waals surface area (Å²) in [6.07, 6.45) is 3.22. The third-order valence-electron chi connectivity index (χ3n) is 2.92. The summed E-state index contributed by atoms with van der Waals surface area (Å²) in [6.45, 7) is 6.54. The van der Waals surface area contributed by atoms with Gasteiger partial charge >= 0.3 is 5.56 Å². The number of aryl methyl sites for hydroxylation is 3. The SMILES string of the molecule is CCn1ccnc(Oc2ccc(C)c(C)c2)c1=O. The van der Waals surface area contributed by atoms with Crippen LogP contribution >= 0.6 is 0 Å². The van der Waals surface area contributed by atoms with Crippen molar-refractivity contribution in [2.75, 3.05) is 0 Å². The van der Waals surface area contributed by atoms with Crippen molar-refractivity contribution in [1.82, 2.24) is 9.55 Å². The summed E-state index contributed by atoms with van der Waals surface area (Å²) in [5, 5.41) is 0. The van der Waals surface area contributed by atoms with Crippen molar-refractivity contribution in [2.45, 2.75) is 27.3 Å². The summed E-state index contributed by atoms with van der Waals surface area (Å²) in [5.74, 6) is 0.749. The van der Waals surface area contributed by atoms with E-state index < -0.39 is 0 Å². The highest BCUT2D eigenvalue weighted by atomic mass is 16.5. The third kappa shape index (κ3) is 2.42. The Morgan fingerprint density at radius 2 is 2.06 bits per heavy atom. The van der Waals surface area contributed by atoms with Gasteiger partial charge in [-0.3, -0.25) is 4.79 Å². The molecule has 1 aromatic heterocycles. The maximum absolute atomic E-state index is 11.9. The van der Waals surface area contributed by atoms with Crippen LogP contribution in [0.25, 0.3) is 0 Å². The number of rotatable bonds is 3. The molecule has 2 rings (SSSR count). The first kappa shape index (κ1) is 12.4. The van der Waals surface area contributed by atoms with Gasteiger partial charge in [-0.25, -0.2) is 4.98 Å². The summed E-state index contributed by atoms with van der Waals surface area (Å²) in [5.41, 5.74) is 2.10. The van der Waals surface area contributed by atoms with Gasteiger partial charge in [0.25, 0.3) is 5.88 Å². The number of ether oxygens (including phenoxy) is 1. The summed E-state index contributed by atoms with van der Waals surface area (Å²) >= 11 is 0. The second kappa shape index (κ2) is 5.04. The molecule has 1 aromatic carbocycles. The monoisotopic (exact) mass is 244 g/mol. The largest absolute Gasteiger partial charge is 0.435 e. The molecule has 0 atom stereocenters. The second-order valence-electron chi connectivity index (χ2n) is 4.17.